The largest absolute Gasteiger partial charge is 0.358 e. The van der Waals surface area contributed by atoms with Gasteiger partial charge in [-0.25, -0.2) is 0 Å². The SMILES string of the molecule is CCOC1CSC(=S)N1. The highest BCUT2D eigenvalue weighted by molar-refractivity contribution is 8.23. The molecule has 0 aromatic rings. The van der Waals surface area contributed by atoms with Crippen LogP contribution in [-0.4, -0.2) is 22.9 Å². The van der Waals surface area contributed by atoms with Gasteiger partial charge in [0.25, 0.3) is 0 Å². The zero-order valence-electron chi connectivity index (χ0n) is 5.22. The van der Waals surface area contributed by atoms with Crippen molar-refractivity contribution < 1.29 is 4.74 Å². The first-order chi connectivity index (χ1) is 4.33. The van der Waals surface area contributed by atoms with E-state index >= 15 is 0 Å². The van der Waals surface area contributed by atoms with Crippen LogP contribution in [0.5, 0.6) is 0 Å². The zero-order valence-corrected chi connectivity index (χ0v) is 6.85. The second-order valence-electron chi connectivity index (χ2n) is 1.69. The van der Waals surface area contributed by atoms with Gasteiger partial charge < -0.3 is 10.1 Å². The summed E-state index contributed by atoms with van der Waals surface area (Å²) in [7, 11) is 0. The van der Waals surface area contributed by atoms with Crippen LogP contribution in [0, 0.1) is 0 Å². The van der Waals surface area contributed by atoms with E-state index in [0.29, 0.717) is 0 Å². The van der Waals surface area contributed by atoms with E-state index in [9.17, 15) is 0 Å². The fourth-order valence-corrected chi connectivity index (χ4v) is 1.69. The Kier molecular flexibility index (Phi) is 2.75. The monoisotopic (exact) mass is 163 g/mol. The quantitative estimate of drug-likeness (QED) is 0.612. The molecule has 1 aliphatic heterocycles. The Balaban J connectivity index is 2.22. The summed E-state index contributed by atoms with van der Waals surface area (Å²) in [5, 5.41) is 3.03. The fraction of sp³-hybridized carbons (Fsp3) is 0.800. The van der Waals surface area contributed by atoms with E-state index in [1.54, 1.807) is 11.8 Å². The second-order valence-corrected chi connectivity index (χ2v) is 3.38. The van der Waals surface area contributed by atoms with Crippen LogP contribution in [0.15, 0.2) is 0 Å². The van der Waals surface area contributed by atoms with Crippen molar-refractivity contribution >= 4 is 28.3 Å². The fourth-order valence-electron chi connectivity index (χ4n) is 0.657. The molecule has 0 amide bonds. The molecule has 52 valence electrons. The van der Waals surface area contributed by atoms with Gasteiger partial charge in [-0.2, -0.15) is 0 Å². The van der Waals surface area contributed by atoms with Crippen LogP contribution in [0.1, 0.15) is 6.92 Å². The maximum atomic E-state index is 5.25. The van der Waals surface area contributed by atoms with Crippen LogP contribution in [0.4, 0.5) is 0 Å². The van der Waals surface area contributed by atoms with Crippen molar-refractivity contribution in [3.8, 4) is 0 Å². The molecule has 9 heavy (non-hydrogen) atoms. The first-order valence-electron chi connectivity index (χ1n) is 2.88. The van der Waals surface area contributed by atoms with Crippen molar-refractivity contribution in [3.63, 3.8) is 0 Å². The first kappa shape index (κ1) is 7.31. The minimum atomic E-state index is 0.160. The van der Waals surface area contributed by atoms with Gasteiger partial charge in [0.15, 0.2) is 0 Å². The van der Waals surface area contributed by atoms with Crippen molar-refractivity contribution in [1.29, 1.82) is 0 Å². The van der Waals surface area contributed by atoms with Gasteiger partial charge in [0.2, 0.25) is 0 Å². The van der Waals surface area contributed by atoms with Crippen LogP contribution in [-0.2, 0) is 4.74 Å². The Morgan fingerprint density at radius 1 is 2.00 bits per heavy atom. The maximum Gasteiger partial charge on any atom is 0.138 e. The number of hydrogen-bond acceptors (Lipinski definition) is 3. The lowest BCUT2D eigenvalue weighted by Crippen LogP contribution is -2.28. The van der Waals surface area contributed by atoms with Gasteiger partial charge in [-0.05, 0) is 6.92 Å². The van der Waals surface area contributed by atoms with E-state index in [4.69, 9.17) is 17.0 Å². The Hall–Kier alpha value is 0.200. The van der Waals surface area contributed by atoms with E-state index in [1.165, 1.54) is 0 Å². The second kappa shape index (κ2) is 3.39. The third kappa shape index (κ3) is 2.12. The molecule has 0 saturated carbocycles. The number of rotatable bonds is 2. The highest BCUT2D eigenvalue weighted by Crippen LogP contribution is 2.13. The Morgan fingerprint density at radius 3 is 3.22 bits per heavy atom. The number of nitrogens with one attached hydrogen (secondary N) is 1. The zero-order chi connectivity index (χ0) is 6.69. The summed E-state index contributed by atoms with van der Waals surface area (Å²) in [5.41, 5.74) is 0. The van der Waals surface area contributed by atoms with Gasteiger partial charge in [0.1, 0.15) is 10.5 Å². The van der Waals surface area contributed by atoms with E-state index in [0.717, 1.165) is 16.7 Å². The van der Waals surface area contributed by atoms with Crippen LogP contribution >= 0.6 is 24.0 Å². The highest BCUT2D eigenvalue weighted by Gasteiger charge is 2.17. The molecular formula is C5H9NOS2. The molecule has 0 aromatic carbocycles. The van der Waals surface area contributed by atoms with Crippen LogP contribution < -0.4 is 5.32 Å². The number of ether oxygens (including phenoxy) is 1. The molecule has 2 nitrogen and oxygen atoms in total. The Morgan fingerprint density at radius 2 is 2.78 bits per heavy atom. The highest BCUT2D eigenvalue weighted by atomic mass is 32.2. The lowest BCUT2D eigenvalue weighted by Gasteiger charge is -2.07. The molecule has 0 bridgehead atoms. The third-order valence-corrected chi connectivity index (χ3v) is 2.33. The summed E-state index contributed by atoms with van der Waals surface area (Å²) in [5.74, 6) is 0.951. The lowest BCUT2D eigenvalue weighted by atomic mass is 10.6. The first-order valence-corrected chi connectivity index (χ1v) is 4.27. The van der Waals surface area contributed by atoms with Gasteiger partial charge in [-0.3, -0.25) is 0 Å². The summed E-state index contributed by atoms with van der Waals surface area (Å²) in [6, 6.07) is 0. The van der Waals surface area contributed by atoms with Crippen LogP contribution in [0.2, 0.25) is 0 Å². The number of hydrogen-bond donors (Lipinski definition) is 1. The molecule has 4 heteroatoms. The van der Waals surface area contributed by atoms with Crippen molar-refractivity contribution in [2.45, 2.75) is 13.2 Å². The molecule has 1 atom stereocenters. The molecule has 1 fully saturated rings. The summed E-state index contributed by atoms with van der Waals surface area (Å²) in [6.07, 6.45) is 0.160. The van der Waals surface area contributed by atoms with Crippen molar-refractivity contribution in [3.05, 3.63) is 0 Å². The van der Waals surface area contributed by atoms with E-state index in [-0.39, 0.29) is 6.23 Å². The maximum absolute atomic E-state index is 5.25. The smallest absolute Gasteiger partial charge is 0.138 e. The van der Waals surface area contributed by atoms with Crippen LogP contribution in [0.25, 0.3) is 0 Å². The third-order valence-electron chi connectivity index (χ3n) is 1.01. The number of thioether (sulfide) groups is 1. The Labute approximate surface area is 64.3 Å². The molecular weight excluding hydrogens is 154 g/mol. The molecule has 1 aliphatic rings. The molecule has 1 rings (SSSR count). The lowest BCUT2D eigenvalue weighted by molar-refractivity contribution is 0.0731. The topological polar surface area (TPSA) is 21.3 Å². The van der Waals surface area contributed by atoms with E-state index in [1.807, 2.05) is 6.92 Å². The number of thiocarbonyl (C=S) groups is 1. The molecule has 1 heterocycles. The van der Waals surface area contributed by atoms with Crippen molar-refractivity contribution in [2.75, 3.05) is 12.4 Å². The average Bonchev–Trinajstić information content (AvgIpc) is 2.17. The standard InChI is InChI=1S/C5H9NOS2/c1-2-7-4-3-9-5(8)6-4/h4H,2-3H2,1H3,(H,6,8). The summed E-state index contributed by atoms with van der Waals surface area (Å²) >= 11 is 6.52. The molecule has 1 saturated heterocycles. The Bertz CT molecular complexity index is 118. The van der Waals surface area contributed by atoms with Gasteiger partial charge in [0.05, 0.1) is 0 Å². The predicted molar refractivity (Wildman–Crippen MR) is 43.6 cm³/mol. The molecule has 0 spiro atoms. The molecule has 1 N–H and O–H groups in total. The van der Waals surface area contributed by atoms with Crippen molar-refractivity contribution in [1.82, 2.24) is 5.32 Å². The van der Waals surface area contributed by atoms with E-state index < -0.39 is 0 Å². The molecule has 0 aliphatic carbocycles. The summed E-state index contributed by atoms with van der Waals surface area (Å²) in [4.78, 5) is 0. The summed E-state index contributed by atoms with van der Waals surface area (Å²) < 4.78 is 6.11. The van der Waals surface area contributed by atoms with Gasteiger partial charge in [0, 0.05) is 12.4 Å². The van der Waals surface area contributed by atoms with Gasteiger partial charge in [-0.15, -0.1) is 0 Å². The average molecular weight is 163 g/mol. The van der Waals surface area contributed by atoms with E-state index in [2.05, 4.69) is 5.32 Å². The molecule has 1 unspecified atom stereocenters. The molecule has 0 aromatic heterocycles. The minimum Gasteiger partial charge on any atom is -0.358 e. The van der Waals surface area contributed by atoms with Gasteiger partial charge >= 0.3 is 0 Å². The minimum absolute atomic E-state index is 0.160. The van der Waals surface area contributed by atoms with Crippen molar-refractivity contribution in [2.24, 2.45) is 0 Å². The molecule has 0 radical (unpaired) electrons. The van der Waals surface area contributed by atoms with Gasteiger partial charge in [-0.1, -0.05) is 24.0 Å². The normalized spacial score (nSPS) is 26.3. The van der Waals surface area contributed by atoms with Crippen LogP contribution in [0.3, 0.4) is 0 Å². The summed E-state index contributed by atoms with van der Waals surface area (Å²) in [6.45, 7) is 2.73. The predicted octanol–water partition coefficient (Wildman–Crippen LogP) is 0.970.